The Balaban J connectivity index is 1.84. The van der Waals surface area contributed by atoms with Gasteiger partial charge in [0.05, 0.1) is 6.20 Å². The molecular weight excluding hydrogens is 228 g/mol. The van der Waals surface area contributed by atoms with Crippen molar-refractivity contribution < 1.29 is 0 Å². The van der Waals surface area contributed by atoms with Crippen molar-refractivity contribution in [2.45, 2.75) is 31.7 Å². The van der Waals surface area contributed by atoms with Crippen molar-refractivity contribution in [1.82, 2.24) is 20.1 Å². The first-order valence-corrected chi connectivity index (χ1v) is 6.59. The number of rotatable bonds is 6. The highest BCUT2D eigenvalue weighted by atomic mass is 15.3. The molecule has 2 N–H and O–H groups in total. The van der Waals surface area contributed by atoms with Gasteiger partial charge in [0, 0.05) is 19.1 Å². The van der Waals surface area contributed by atoms with Crippen LogP contribution in [0.1, 0.15) is 25.7 Å². The summed E-state index contributed by atoms with van der Waals surface area (Å²) < 4.78 is 0. The molecule has 1 aliphatic carbocycles. The Hall–Kier alpha value is -1.43. The van der Waals surface area contributed by atoms with Crippen LogP contribution in [0.2, 0.25) is 0 Å². The van der Waals surface area contributed by atoms with E-state index < -0.39 is 0 Å². The van der Waals surface area contributed by atoms with Crippen molar-refractivity contribution >= 4 is 11.8 Å². The van der Waals surface area contributed by atoms with Gasteiger partial charge in [-0.3, -0.25) is 0 Å². The normalized spacial score (nSPS) is 16.2. The van der Waals surface area contributed by atoms with Gasteiger partial charge >= 0.3 is 0 Å². The van der Waals surface area contributed by atoms with Gasteiger partial charge in [-0.2, -0.15) is 10.1 Å². The van der Waals surface area contributed by atoms with Gasteiger partial charge in [-0.25, -0.2) is 0 Å². The third-order valence-electron chi connectivity index (χ3n) is 3.11. The van der Waals surface area contributed by atoms with E-state index in [0.29, 0.717) is 12.0 Å². The van der Waals surface area contributed by atoms with Gasteiger partial charge in [-0.15, -0.1) is 5.10 Å². The van der Waals surface area contributed by atoms with E-state index in [1.165, 1.54) is 25.7 Å². The van der Waals surface area contributed by atoms with E-state index in [-0.39, 0.29) is 0 Å². The molecule has 1 aliphatic rings. The van der Waals surface area contributed by atoms with E-state index in [0.717, 1.165) is 18.9 Å². The molecule has 0 amide bonds. The van der Waals surface area contributed by atoms with Gasteiger partial charge in [-0.05, 0) is 26.9 Å². The average Bonchev–Trinajstić information content (AvgIpc) is 2.82. The summed E-state index contributed by atoms with van der Waals surface area (Å²) in [7, 11) is 4.08. The molecule has 0 unspecified atom stereocenters. The second-order valence-electron chi connectivity index (χ2n) is 5.02. The summed E-state index contributed by atoms with van der Waals surface area (Å²) in [5.74, 6) is 1.42. The second-order valence-corrected chi connectivity index (χ2v) is 5.02. The third-order valence-corrected chi connectivity index (χ3v) is 3.11. The lowest BCUT2D eigenvalue weighted by molar-refractivity contribution is 0.425. The van der Waals surface area contributed by atoms with E-state index in [1.807, 2.05) is 14.1 Å². The minimum Gasteiger partial charge on any atom is -0.366 e. The summed E-state index contributed by atoms with van der Waals surface area (Å²) >= 11 is 0. The maximum absolute atomic E-state index is 4.42. The first-order chi connectivity index (χ1) is 8.74. The fraction of sp³-hybridized carbons (Fsp3) is 0.750. The highest BCUT2D eigenvalue weighted by Crippen LogP contribution is 2.21. The van der Waals surface area contributed by atoms with Crippen LogP contribution >= 0.6 is 0 Å². The first-order valence-electron chi connectivity index (χ1n) is 6.59. The number of nitrogens with one attached hydrogen (secondary N) is 2. The number of hydrogen-bond donors (Lipinski definition) is 2. The fourth-order valence-electron chi connectivity index (χ4n) is 2.12. The Morgan fingerprint density at radius 2 is 2.11 bits per heavy atom. The van der Waals surface area contributed by atoms with Gasteiger partial charge in [0.2, 0.25) is 5.95 Å². The summed E-state index contributed by atoms with van der Waals surface area (Å²) in [4.78, 5) is 6.53. The zero-order chi connectivity index (χ0) is 12.8. The molecule has 0 saturated heterocycles. The minimum atomic E-state index is 0.552. The second kappa shape index (κ2) is 6.49. The standard InChI is InChI=1S/C12H22N6/c1-18(2)8-7-13-12-16-11(9-14-17-12)15-10-5-3-4-6-10/h9-10H,3-8H2,1-2H3,(H2,13,15,16,17). The van der Waals surface area contributed by atoms with Crippen molar-refractivity contribution in [2.75, 3.05) is 37.8 Å². The highest BCUT2D eigenvalue weighted by molar-refractivity contribution is 5.37. The predicted molar refractivity (Wildman–Crippen MR) is 72.7 cm³/mol. The molecule has 18 heavy (non-hydrogen) atoms. The van der Waals surface area contributed by atoms with E-state index in [4.69, 9.17) is 0 Å². The van der Waals surface area contributed by atoms with Crippen molar-refractivity contribution in [3.63, 3.8) is 0 Å². The highest BCUT2D eigenvalue weighted by Gasteiger charge is 2.15. The smallest absolute Gasteiger partial charge is 0.244 e. The summed E-state index contributed by atoms with van der Waals surface area (Å²) in [5, 5.41) is 14.5. The molecule has 0 bridgehead atoms. The summed E-state index contributed by atoms with van der Waals surface area (Å²) in [6.45, 7) is 1.77. The van der Waals surface area contributed by atoms with E-state index >= 15 is 0 Å². The maximum atomic E-state index is 4.42. The molecular formula is C12H22N6. The molecule has 0 aromatic carbocycles. The van der Waals surface area contributed by atoms with Crippen LogP contribution in [-0.2, 0) is 0 Å². The van der Waals surface area contributed by atoms with E-state index in [9.17, 15) is 0 Å². The largest absolute Gasteiger partial charge is 0.366 e. The van der Waals surface area contributed by atoms with E-state index in [2.05, 4.69) is 30.7 Å². The summed E-state index contributed by atoms with van der Waals surface area (Å²) in [5.41, 5.74) is 0. The minimum absolute atomic E-state index is 0.552. The zero-order valence-corrected chi connectivity index (χ0v) is 11.2. The summed E-state index contributed by atoms with van der Waals surface area (Å²) in [6, 6.07) is 0.552. The first kappa shape index (κ1) is 13.0. The molecule has 1 aromatic rings. The topological polar surface area (TPSA) is 66.0 Å². The molecule has 6 heteroatoms. The Bertz CT molecular complexity index is 361. The van der Waals surface area contributed by atoms with Crippen LogP contribution in [0.5, 0.6) is 0 Å². The average molecular weight is 250 g/mol. The van der Waals surface area contributed by atoms with Crippen LogP contribution in [-0.4, -0.2) is 53.3 Å². The van der Waals surface area contributed by atoms with Gasteiger partial charge in [0.25, 0.3) is 0 Å². The van der Waals surface area contributed by atoms with E-state index in [1.54, 1.807) is 6.20 Å². The SMILES string of the molecule is CN(C)CCNc1nncc(NC2CCCC2)n1. The van der Waals surface area contributed by atoms with Crippen LogP contribution < -0.4 is 10.6 Å². The number of hydrogen-bond acceptors (Lipinski definition) is 6. The van der Waals surface area contributed by atoms with Crippen LogP contribution in [0.3, 0.4) is 0 Å². The van der Waals surface area contributed by atoms with Gasteiger partial charge in [-0.1, -0.05) is 12.8 Å². The molecule has 100 valence electrons. The monoisotopic (exact) mass is 250 g/mol. The Labute approximate surface area is 108 Å². The molecule has 6 nitrogen and oxygen atoms in total. The third kappa shape index (κ3) is 4.10. The lowest BCUT2D eigenvalue weighted by atomic mass is 10.2. The molecule has 0 radical (unpaired) electrons. The Morgan fingerprint density at radius 1 is 1.33 bits per heavy atom. The van der Waals surface area contributed by atoms with Crippen molar-refractivity contribution in [1.29, 1.82) is 0 Å². The molecule has 0 aliphatic heterocycles. The predicted octanol–water partition coefficient (Wildman–Crippen LogP) is 1.20. The van der Waals surface area contributed by atoms with Crippen molar-refractivity contribution in [3.05, 3.63) is 6.20 Å². The number of aromatic nitrogens is 3. The van der Waals surface area contributed by atoms with Crippen LogP contribution in [0.15, 0.2) is 6.20 Å². The summed E-state index contributed by atoms with van der Waals surface area (Å²) in [6.07, 6.45) is 6.77. The van der Waals surface area contributed by atoms with Gasteiger partial charge in [0.1, 0.15) is 0 Å². The van der Waals surface area contributed by atoms with Crippen LogP contribution in [0.4, 0.5) is 11.8 Å². The number of anilines is 2. The van der Waals surface area contributed by atoms with Crippen LogP contribution in [0.25, 0.3) is 0 Å². The maximum Gasteiger partial charge on any atom is 0.244 e. The van der Waals surface area contributed by atoms with Gasteiger partial charge in [0.15, 0.2) is 5.82 Å². The molecule has 1 fully saturated rings. The van der Waals surface area contributed by atoms with Crippen LogP contribution in [0, 0.1) is 0 Å². The Morgan fingerprint density at radius 3 is 2.83 bits per heavy atom. The Kier molecular flexibility index (Phi) is 4.69. The molecule has 1 heterocycles. The number of likely N-dealkylation sites (N-methyl/N-ethyl adjacent to an activating group) is 1. The van der Waals surface area contributed by atoms with Gasteiger partial charge < -0.3 is 15.5 Å². The molecule has 1 aromatic heterocycles. The lowest BCUT2D eigenvalue weighted by Gasteiger charge is -2.13. The molecule has 1 saturated carbocycles. The zero-order valence-electron chi connectivity index (χ0n) is 11.2. The van der Waals surface area contributed by atoms with Crippen molar-refractivity contribution in [2.24, 2.45) is 0 Å². The molecule has 2 rings (SSSR count). The molecule has 0 spiro atoms. The fourth-order valence-corrected chi connectivity index (χ4v) is 2.12. The number of nitrogens with zero attached hydrogens (tertiary/aromatic N) is 4. The quantitative estimate of drug-likeness (QED) is 0.791. The van der Waals surface area contributed by atoms with Crippen molar-refractivity contribution in [3.8, 4) is 0 Å². The molecule has 0 atom stereocenters. The lowest BCUT2D eigenvalue weighted by Crippen LogP contribution is -2.22.